The Bertz CT molecular complexity index is 671. The van der Waals surface area contributed by atoms with E-state index >= 15 is 0 Å². The minimum Gasteiger partial charge on any atom is -0.489 e. The van der Waals surface area contributed by atoms with Crippen molar-refractivity contribution >= 4 is 11.9 Å². The predicted molar refractivity (Wildman–Crippen MR) is 123 cm³/mol. The van der Waals surface area contributed by atoms with Crippen molar-refractivity contribution in [2.75, 3.05) is 39.3 Å². The largest absolute Gasteiger partial charge is 0.489 e. The molecule has 0 saturated carbocycles. The van der Waals surface area contributed by atoms with Gasteiger partial charge in [-0.3, -0.25) is 4.79 Å². The fourth-order valence-electron chi connectivity index (χ4n) is 3.63. The van der Waals surface area contributed by atoms with Crippen LogP contribution in [-0.2, 0) is 4.79 Å². The van der Waals surface area contributed by atoms with Crippen molar-refractivity contribution in [1.29, 1.82) is 0 Å². The monoisotopic (exact) mass is 417 g/mol. The molecule has 1 aliphatic rings. The summed E-state index contributed by atoms with van der Waals surface area (Å²) in [6.07, 6.45) is 4.00. The number of ether oxygens (including phenoxy) is 1. The zero-order chi connectivity index (χ0) is 21.8. The Labute approximate surface area is 181 Å². The summed E-state index contributed by atoms with van der Waals surface area (Å²) < 4.78 is 5.96. The summed E-state index contributed by atoms with van der Waals surface area (Å²) in [5, 5.41) is 6.71. The number of benzene rings is 1. The Balaban J connectivity index is 1.64. The topological polar surface area (TPSA) is 92.0 Å². The highest BCUT2D eigenvalue weighted by Gasteiger charge is 2.22. The van der Waals surface area contributed by atoms with Gasteiger partial charge in [-0.05, 0) is 83.8 Å². The SMILES string of the molecule is CCNC(=NCC(C)Oc1cccc(C)c1)NCCCCN1CCC(C(N)=O)CC1. The number of aryl methyl sites for hydroxylation is 1. The zero-order valence-corrected chi connectivity index (χ0v) is 18.8. The molecule has 0 aliphatic carbocycles. The number of nitrogens with two attached hydrogens (primary N) is 1. The van der Waals surface area contributed by atoms with Crippen LogP contribution in [0.25, 0.3) is 0 Å². The minimum atomic E-state index is -0.146. The Kier molecular flexibility index (Phi) is 10.5. The van der Waals surface area contributed by atoms with E-state index in [-0.39, 0.29) is 17.9 Å². The highest BCUT2D eigenvalue weighted by Crippen LogP contribution is 2.17. The predicted octanol–water partition coefficient (Wildman–Crippen LogP) is 2.29. The van der Waals surface area contributed by atoms with E-state index in [1.807, 2.05) is 25.1 Å². The smallest absolute Gasteiger partial charge is 0.220 e. The van der Waals surface area contributed by atoms with Crippen molar-refractivity contribution in [1.82, 2.24) is 15.5 Å². The van der Waals surface area contributed by atoms with E-state index in [9.17, 15) is 4.79 Å². The van der Waals surface area contributed by atoms with Gasteiger partial charge in [0.25, 0.3) is 0 Å². The number of carbonyl (C=O) groups excluding carboxylic acids is 1. The van der Waals surface area contributed by atoms with Crippen LogP contribution in [0.5, 0.6) is 5.75 Å². The summed E-state index contributed by atoms with van der Waals surface area (Å²) in [6.45, 7) is 11.5. The minimum absolute atomic E-state index is 0.00517. The molecule has 1 fully saturated rings. The lowest BCUT2D eigenvalue weighted by Gasteiger charge is -2.30. The van der Waals surface area contributed by atoms with Crippen LogP contribution in [0.3, 0.4) is 0 Å². The standard InChI is InChI=1S/C23H39N5O2/c1-4-25-23(27-17-19(3)30-21-9-7-8-18(2)16-21)26-12-5-6-13-28-14-10-20(11-15-28)22(24)29/h7-9,16,19-20H,4-6,10-15,17H2,1-3H3,(H2,24,29)(H2,25,26,27). The lowest BCUT2D eigenvalue weighted by molar-refractivity contribution is -0.123. The second kappa shape index (κ2) is 13.1. The number of hydrogen-bond acceptors (Lipinski definition) is 4. The number of guanidine groups is 1. The van der Waals surface area contributed by atoms with E-state index in [2.05, 4.69) is 40.4 Å². The van der Waals surface area contributed by atoms with E-state index in [0.29, 0.717) is 6.54 Å². The van der Waals surface area contributed by atoms with Crippen molar-refractivity contribution in [2.24, 2.45) is 16.6 Å². The lowest BCUT2D eigenvalue weighted by atomic mass is 9.96. The zero-order valence-electron chi connectivity index (χ0n) is 18.8. The molecule has 0 radical (unpaired) electrons. The molecule has 2 rings (SSSR count). The molecular formula is C23H39N5O2. The van der Waals surface area contributed by atoms with Crippen molar-refractivity contribution in [3.8, 4) is 5.75 Å². The number of unbranched alkanes of at least 4 members (excludes halogenated alkanes) is 1. The summed E-state index contributed by atoms with van der Waals surface area (Å²) in [5.41, 5.74) is 6.59. The van der Waals surface area contributed by atoms with Crippen LogP contribution in [0.15, 0.2) is 29.3 Å². The maximum absolute atomic E-state index is 11.2. The molecule has 0 spiro atoms. The van der Waals surface area contributed by atoms with Crippen molar-refractivity contribution in [2.45, 2.75) is 52.6 Å². The molecule has 1 saturated heterocycles. The van der Waals surface area contributed by atoms with Crippen LogP contribution in [0, 0.1) is 12.8 Å². The van der Waals surface area contributed by atoms with E-state index < -0.39 is 0 Å². The van der Waals surface area contributed by atoms with Gasteiger partial charge in [-0.25, -0.2) is 4.99 Å². The van der Waals surface area contributed by atoms with Gasteiger partial charge in [-0.2, -0.15) is 0 Å². The van der Waals surface area contributed by atoms with E-state index in [1.165, 1.54) is 5.56 Å². The number of hydrogen-bond donors (Lipinski definition) is 3. The van der Waals surface area contributed by atoms with Gasteiger partial charge >= 0.3 is 0 Å². The molecule has 1 heterocycles. The quantitative estimate of drug-likeness (QED) is 0.292. The second-order valence-electron chi connectivity index (χ2n) is 8.12. The first-order chi connectivity index (χ1) is 14.5. The summed E-state index contributed by atoms with van der Waals surface area (Å²) in [5.74, 6) is 1.64. The van der Waals surface area contributed by atoms with Gasteiger partial charge in [0, 0.05) is 19.0 Å². The van der Waals surface area contributed by atoms with Gasteiger partial charge in [-0.15, -0.1) is 0 Å². The maximum Gasteiger partial charge on any atom is 0.220 e. The first-order valence-corrected chi connectivity index (χ1v) is 11.2. The number of nitrogens with zero attached hydrogens (tertiary/aromatic N) is 2. The fraction of sp³-hybridized carbons (Fsp3) is 0.652. The average molecular weight is 418 g/mol. The molecule has 1 aliphatic heterocycles. The Hall–Kier alpha value is -2.28. The first kappa shape index (κ1) is 24.0. The third kappa shape index (κ3) is 9.03. The van der Waals surface area contributed by atoms with Crippen molar-refractivity contribution in [3.63, 3.8) is 0 Å². The Morgan fingerprint density at radius 3 is 2.73 bits per heavy atom. The van der Waals surface area contributed by atoms with Crippen LogP contribution in [0.1, 0.15) is 45.1 Å². The van der Waals surface area contributed by atoms with Crippen LogP contribution in [0.4, 0.5) is 0 Å². The molecule has 1 unspecified atom stereocenters. The Morgan fingerprint density at radius 2 is 2.07 bits per heavy atom. The van der Waals surface area contributed by atoms with Crippen LogP contribution in [0.2, 0.25) is 0 Å². The number of primary amides is 1. The number of rotatable bonds is 11. The number of aliphatic imine (C=N–C) groups is 1. The summed E-state index contributed by atoms with van der Waals surface area (Å²) in [7, 11) is 0. The van der Waals surface area contributed by atoms with Crippen LogP contribution < -0.4 is 21.1 Å². The molecule has 30 heavy (non-hydrogen) atoms. The number of nitrogens with one attached hydrogen (secondary N) is 2. The van der Waals surface area contributed by atoms with E-state index in [4.69, 9.17) is 10.5 Å². The highest BCUT2D eigenvalue weighted by molar-refractivity contribution is 5.79. The van der Waals surface area contributed by atoms with Crippen molar-refractivity contribution < 1.29 is 9.53 Å². The highest BCUT2D eigenvalue weighted by atomic mass is 16.5. The molecule has 0 aromatic heterocycles. The maximum atomic E-state index is 11.2. The number of amides is 1. The molecule has 1 aromatic rings. The summed E-state index contributed by atoms with van der Waals surface area (Å²) in [4.78, 5) is 18.3. The van der Waals surface area contributed by atoms with Crippen LogP contribution >= 0.6 is 0 Å². The van der Waals surface area contributed by atoms with E-state index in [0.717, 1.165) is 70.1 Å². The summed E-state index contributed by atoms with van der Waals surface area (Å²) in [6, 6.07) is 8.09. The molecule has 1 amide bonds. The number of carbonyl (C=O) groups is 1. The molecular weight excluding hydrogens is 378 g/mol. The average Bonchev–Trinajstić information content (AvgIpc) is 2.72. The van der Waals surface area contributed by atoms with Crippen molar-refractivity contribution in [3.05, 3.63) is 29.8 Å². The second-order valence-corrected chi connectivity index (χ2v) is 8.12. The number of likely N-dealkylation sites (tertiary alicyclic amines) is 1. The normalized spacial score (nSPS) is 16.8. The van der Waals surface area contributed by atoms with E-state index in [1.54, 1.807) is 0 Å². The third-order valence-electron chi connectivity index (χ3n) is 5.36. The molecule has 7 heteroatoms. The fourth-order valence-corrected chi connectivity index (χ4v) is 3.63. The van der Waals surface area contributed by atoms with Gasteiger partial charge in [0.1, 0.15) is 11.9 Å². The molecule has 7 nitrogen and oxygen atoms in total. The molecule has 168 valence electrons. The Morgan fingerprint density at radius 1 is 1.30 bits per heavy atom. The third-order valence-corrected chi connectivity index (χ3v) is 5.36. The van der Waals surface area contributed by atoms with Gasteiger partial charge in [0.15, 0.2) is 5.96 Å². The molecule has 1 atom stereocenters. The summed E-state index contributed by atoms with van der Waals surface area (Å²) >= 11 is 0. The van der Waals surface area contributed by atoms with Crippen LogP contribution in [-0.4, -0.2) is 62.1 Å². The molecule has 4 N–H and O–H groups in total. The van der Waals surface area contributed by atoms with Gasteiger partial charge in [-0.1, -0.05) is 12.1 Å². The molecule has 0 bridgehead atoms. The van der Waals surface area contributed by atoms with Gasteiger partial charge in [0.2, 0.25) is 5.91 Å². The van der Waals surface area contributed by atoms with Gasteiger partial charge in [0.05, 0.1) is 6.54 Å². The first-order valence-electron chi connectivity index (χ1n) is 11.2. The lowest BCUT2D eigenvalue weighted by Crippen LogP contribution is -2.40. The number of piperidine rings is 1. The molecule has 1 aromatic carbocycles. The van der Waals surface area contributed by atoms with Gasteiger partial charge < -0.3 is 26.0 Å².